The van der Waals surface area contributed by atoms with E-state index >= 15 is 0 Å². The second kappa shape index (κ2) is 6.72. The summed E-state index contributed by atoms with van der Waals surface area (Å²) in [5.74, 6) is 5.90. The van der Waals surface area contributed by atoms with Gasteiger partial charge in [0.15, 0.2) is 0 Å². The monoisotopic (exact) mass is 308 g/mol. The van der Waals surface area contributed by atoms with E-state index < -0.39 is 0 Å². The fourth-order valence-corrected chi connectivity index (χ4v) is 4.24. The van der Waals surface area contributed by atoms with Crippen molar-refractivity contribution in [1.82, 2.24) is 5.43 Å². The Bertz CT molecular complexity index is 534. The molecule has 0 amide bonds. The zero-order valence-corrected chi connectivity index (χ0v) is 13.5. The molecule has 0 aliphatic rings. The summed E-state index contributed by atoms with van der Waals surface area (Å²) in [5.41, 5.74) is 4.32. The second-order valence-electron chi connectivity index (χ2n) is 4.97. The van der Waals surface area contributed by atoms with Crippen LogP contribution in [0.2, 0.25) is 4.34 Å². The van der Waals surface area contributed by atoms with E-state index in [4.69, 9.17) is 17.4 Å². The molecule has 0 bridgehead atoms. The van der Waals surface area contributed by atoms with Crippen LogP contribution in [0.3, 0.4) is 0 Å². The predicted molar refractivity (Wildman–Crippen MR) is 88.1 cm³/mol. The standard InChI is InChI=1S/C16H21ClN2S/c1-3-16(4-2,12-8-6-5-7-9-12)15(19-18)13-10-11-14(17)20-13/h5-11,15,19H,3-4,18H2,1-2H3. The Morgan fingerprint density at radius 2 is 1.80 bits per heavy atom. The van der Waals surface area contributed by atoms with Gasteiger partial charge in [0.1, 0.15) is 0 Å². The largest absolute Gasteiger partial charge is 0.271 e. The van der Waals surface area contributed by atoms with Crippen molar-refractivity contribution >= 4 is 22.9 Å². The van der Waals surface area contributed by atoms with Gasteiger partial charge in [0.2, 0.25) is 0 Å². The van der Waals surface area contributed by atoms with Crippen LogP contribution in [0.5, 0.6) is 0 Å². The molecule has 0 saturated carbocycles. The quantitative estimate of drug-likeness (QED) is 0.601. The topological polar surface area (TPSA) is 38.0 Å². The third-order valence-corrected chi connectivity index (χ3v) is 5.50. The van der Waals surface area contributed by atoms with Crippen LogP contribution in [0, 0.1) is 0 Å². The molecule has 0 aliphatic carbocycles. The second-order valence-corrected chi connectivity index (χ2v) is 6.72. The molecule has 1 unspecified atom stereocenters. The van der Waals surface area contributed by atoms with Gasteiger partial charge in [-0.2, -0.15) is 0 Å². The summed E-state index contributed by atoms with van der Waals surface area (Å²) in [6.45, 7) is 4.44. The van der Waals surface area contributed by atoms with Crippen LogP contribution >= 0.6 is 22.9 Å². The van der Waals surface area contributed by atoms with Crippen molar-refractivity contribution in [2.24, 2.45) is 5.84 Å². The van der Waals surface area contributed by atoms with Gasteiger partial charge < -0.3 is 0 Å². The van der Waals surface area contributed by atoms with Gasteiger partial charge in [-0.15, -0.1) is 11.3 Å². The Labute approximate surface area is 129 Å². The smallest absolute Gasteiger partial charge is 0.0931 e. The van der Waals surface area contributed by atoms with Gasteiger partial charge in [-0.1, -0.05) is 55.8 Å². The SMILES string of the molecule is CCC(CC)(c1ccccc1)C(NN)c1ccc(Cl)s1. The first-order valence-corrected chi connectivity index (χ1v) is 8.14. The Hall–Kier alpha value is -0.870. The number of hydrazine groups is 1. The molecule has 2 aromatic rings. The highest BCUT2D eigenvalue weighted by Gasteiger charge is 2.38. The van der Waals surface area contributed by atoms with Crippen LogP contribution in [-0.2, 0) is 5.41 Å². The maximum absolute atomic E-state index is 6.09. The van der Waals surface area contributed by atoms with Crippen molar-refractivity contribution in [2.45, 2.75) is 38.1 Å². The molecule has 0 aliphatic heterocycles. The minimum absolute atomic E-state index is 0.0236. The number of nitrogens with one attached hydrogen (secondary N) is 1. The van der Waals surface area contributed by atoms with Crippen LogP contribution in [-0.4, -0.2) is 0 Å². The van der Waals surface area contributed by atoms with E-state index in [1.807, 2.05) is 12.1 Å². The average Bonchev–Trinajstić information content (AvgIpc) is 2.92. The molecule has 0 fully saturated rings. The number of hydrogen-bond donors (Lipinski definition) is 2. The van der Waals surface area contributed by atoms with Crippen molar-refractivity contribution in [3.63, 3.8) is 0 Å². The lowest BCUT2D eigenvalue weighted by Crippen LogP contribution is -2.43. The Kier molecular flexibility index (Phi) is 5.22. The molecule has 1 aromatic heterocycles. The molecule has 4 heteroatoms. The van der Waals surface area contributed by atoms with Gasteiger partial charge >= 0.3 is 0 Å². The molecule has 0 radical (unpaired) electrons. The molecule has 108 valence electrons. The Morgan fingerprint density at radius 1 is 1.15 bits per heavy atom. The number of halogens is 1. The molecule has 1 aromatic carbocycles. The molecule has 2 nitrogen and oxygen atoms in total. The lowest BCUT2D eigenvalue weighted by Gasteiger charge is -2.39. The van der Waals surface area contributed by atoms with E-state index in [1.165, 1.54) is 10.4 Å². The first-order chi connectivity index (χ1) is 9.67. The van der Waals surface area contributed by atoms with Gasteiger partial charge in [0.25, 0.3) is 0 Å². The summed E-state index contributed by atoms with van der Waals surface area (Å²) in [7, 11) is 0. The lowest BCUT2D eigenvalue weighted by atomic mass is 9.70. The number of hydrogen-bond acceptors (Lipinski definition) is 3. The minimum atomic E-state index is -0.0236. The zero-order chi connectivity index (χ0) is 14.6. The molecule has 1 atom stereocenters. The number of rotatable bonds is 6. The normalized spacial score (nSPS) is 13.4. The van der Waals surface area contributed by atoms with E-state index in [0.717, 1.165) is 17.2 Å². The van der Waals surface area contributed by atoms with Crippen molar-refractivity contribution < 1.29 is 0 Å². The Morgan fingerprint density at radius 3 is 2.25 bits per heavy atom. The minimum Gasteiger partial charge on any atom is -0.271 e. The average molecular weight is 309 g/mol. The van der Waals surface area contributed by atoms with E-state index in [0.29, 0.717) is 0 Å². The van der Waals surface area contributed by atoms with E-state index in [1.54, 1.807) is 11.3 Å². The summed E-state index contributed by atoms with van der Waals surface area (Å²) in [6, 6.07) is 14.7. The van der Waals surface area contributed by atoms with Gasteiger partial charge in [-0.05, 0) is 30.5 Å². The van der Waals surface area contributed by atoms with Crippen LogP contribution in [0.25, 0.3) is 0 Å². The van der Waals surface area contributed by atoms with Gasteiger partial charge in [0, 0.05) is 10.3 Å². The summed E-state index contributed by atoms with van der Waals surface area (Å²) in [6.07, 6.45) is 2.02. The third-order valence-electron chi connectivity index (χ3n) is 4.21. The van der Waals surface area contributed by atoms with Crippen molar-refractivity contribution in [1.29, 1.82) is 0 Å². The molecule has 0 spiro atoms. The van der Waals surface area contributed by atoms with Crippen LogP contribution < -0.4 is 11.3 Å². The van der Waals surface area contributed by atoms with Crippen LogP contribution in [0.1, 0.15) is 43.2 Å². The zero-order valence-electron chi connectivity index (χ0n) is 11.9. The molecule has 20 heavy (non-hydrogen) atoms. The van der Waals surface area contributed by atoms with Gasteiger partial charge in [-0.3, -0.25) is 11.3 Å². The first kappa shape index (κ1) is 15.5. The highest BCUT2D eigenvalue weighted by molar-refractivity contribution is 7.16. The maximum Gasteiger partial charge on any atom is 0.0931 e. The third kappa shape index (κ3) is 2.77. The molecule has 0 saturated heterocycles. The number of thiophene rings is 1. The maximum atomic E-state index is 6.09. The van der Waals surface area contributed by atoms with E-state index in [-0.39, 0.29) is 11.5 Å². The highest BCUT2D eigenvalue weighted by atomic mass is 35.5. The summed E-state index contributed by atoms with van der Waals surface area (Å²) in [5, 5.41) is 0. The first-order valence-electron chi connectivity index (χ1n) is 6.94. The van der Waals surface area contributed by atoms with Crippen LogP contribution in [0.15, 0.2) is 42.5 Å². The lowest BCUT2D eigenvalue weighted by molar-refractivity contribution is 0.280. The molecule has 1 heterocycles. The van der Waals surface area contributed by atoms with E-state index in [2.05, 4.69) is 49.6 Å². The molecule has 2 rings (SSSR count). The highest BCUT2D eigenvalue weighted by Crippen LogP contribution is 2.45. The van der Waals surface area contributed by atoms with Gasteiger partial charge in [0.05, 0.1) is 10.4 Å². The fraction of sp³-hybridized carbons (Fsp3) is 0.375. The summed E-state index contributed by atoms with van der Waals surface area (Å²) >= 11 is 7.69. The number of benzene rings is 1. The van der Waals surface area contributed by atoms with E-state index in [9.17, 15) is 0 Å². The van der Waals surface area contributed by atoms with Crippen molar-refractivity contribution in [2.75, 3.05) is 0 Å². The van der Waals surface area contributed by atoms with Crippen molar-refractivity contribution in [3.05, 3.63) is 57.2 Å². The number of nitrogens with two attached hydrogens (primary N) is 1. The Balaban J connectivity index is 2.50. The van der Waals surface area contributed by atoms with Gasteiger partial charge in [-0.25, -0.2) is 0 Å². The predicted octanol–water partition coefficient (Wildman–Crippen LogP) is 4.66. The van der Waals surface area contributed by atoms with Crippen molar-refractivity contribution in [3.8, 4) is 0 Å². The summed E-state index contributed by atoms with van der Waals surface area (Å²) in [4.78, 5) is 1.19. The fourth-order valence-electron chi connectivity index (χ4n) is 3.00. The molecular formula is C16H21ClN2S. The molecular weight excluding hydrogens is 288 g/mol. The molecule has 3 N–H and O–H groups in total. The summed E-state index contributed by atoms with van der Waals surface area (Å²) < 4.78 is 0.800. The van der Waals surface area contributed by atoms with Crippen LogP contribution in [0.4, 0.5) is 0 Å².